The van der Waals surface area contributed by atoms with Gasteiger partial charge >= 0.3 is 0 Å². The number of hydrogen-bond acceptors (Lipinski definition) is 4. The summed E-state index contributed by atoms with van der Waals surface area (Å²) in [6.45, 7) is 1.54. The van der Waals surface area contributed by atoms with E-state index in [4.69, 9.17) is 5.84 Å². The summed E-state index contributed by atoms with van der Waals surface area (Å²) in [7, 11) is 2.14. The van der Waals surface area contributed by atoms with Crippen molar-refractivity contribution < 1.29 is 4.79 Å². The summed E-state index contributed by atoms with van der Waals surface area (Å²) >= 11 is 0. The third-order valence-electron chi connectivity index (χ3n) is 4.03. The Hall–Kier alpha value is -1.59. The van der Waals surface area contributed by atoms with E-state index in [2.05, 4.69) is 22.7 Å². The number of para-hydroxylation sites is 1. The van der Waals surface area contributed by atoms with Crippen molar-refractivity contribution in [3.05, 3.63) is 29.8 Å². The van der Waals surface area contributed by atoms with Crippen LogP contribution in [0.3, 0.4) is 0 Å². The molecule has 110 valence electrons. The highest BCUT2D eigenvalue weighted by molar-refractivity contribution is 5.99. The van der Waals surface area contributed by atoms with E-state index in [9.17, 15) is 4.79 Å². The number of benzene rings is 1. The van der Waals surface area contributed by atoms with E-state index in [0.717, 1.165) is 6.54 Å². The summed E-state index contributed by atoms with van der Waals surface area (Å²) in [5.74, 6) is 5.32. The third kappa shape index (κ3) is 3.71. The highest BCUT2D eigenvalue weighted by atomic mass is 16.1. The van der Waals surface area contributed by atoms with Gasteiger partial charge in [0.05, 0.1) is 11.3 Å². The molecule has 5 heteroatoms. The number of anilines is 1. The van der Waals surface area contributed by atoms with Crippen LogP contribution in [0.2, 0.25) is 0 Å². The van der Waals surface area contributed by atoms with Gasteiger partial charge in [-0.15, -0.1) is 0 Å². The SMILES string of the molecule is CN(CCNC(=O)c1ccccc1NN)C1CCCC1. The summed E-state index contributed by atoms with van der Waals surface area (Å²) in [6.07, 6.45) is 5.22. The minimum atomic E-state index is -0.0848. The van der Waals surface area contributed by atoms with E-state index in [-0.39, 0.29) is 5.91 Å². The van der Waals surface area contributed by atoms with Gasteiger partial charge in [-0.3, -0.25) is 10.6 Å². The lowest BCUT2D eigenvalue weighted by Crippen LogP contribution is -2.37. The fourth-order valence-electron chi connectivity index (χ4n) is 2.78. The molecule has 1 aromatic carbocycles. The van der Waals surface area contributed by atoms with Gasteiger partial charge in [0.2, 0.25) is 0 Å². The van der Waals surface area contributed by atoms with Gasteiger partial charge in [-0.05, 0) is 32.0 Å². The minimum Gasteiger partial charge on any atom is -0.351 e. The second kappa shape index (κ2) is 7.26. The van der Waals surface area contributed by atoms with Gasteiger partial charge in [-0.2, -0.15) is 0 Å². The standard InChI is InChI=1S/C15H24N4O/c1-19(12-6-2-3-7-12)11-10-17-15(20)13-8-4-5-9-14(13)18-16/h4-5,8-9,12,18H,2-3,6-7,10-11,16H2,1H3,(H,17,20). The first-order chi connectivity index (χ1) is 9.72. The lowest BCUT2D eigenvalue weighted by atomic mass is 10.1. The van der Waals surface area contributed by atoms with Gasteiger partial charge in [0.15, 0.2) is 0 Å². The Morgan fingerprint density at radius 2 is 2.05 bits per heavy atom. The number of hydrazine groups is 1. The van der Waals surface area contributed by atoms with Crippen LogP contribution in [0.1, 0.15) is 36.0 Å². The lowest BCUT2D eigenvalue weighted by molar-refractivity contribution is 0.0948. The average molecular weight is 276 g/mol. The molecule has 1 aliphatic carbocycles. The molecule has 20 heavy (non-hydrogen) atoms. The van der Waals surface area contributed by atoms with Crippen molar-refractivity contribution in [3.63, 3.8) is 0 Å². The van der Waals surface area contributed by atoms with Crippen molar-refractivity contribution in [1.29, 1.82) is 0 Å². The predicted octanol–water partition coefficient (Wildman–Crippen LogP) is 1.58. The maximum Gasteiger partial charge on any atom is 0.253 e. The molecule has 0 aliphatic heterocycles. The summed E-state index contributed by atoms with van der Waals surface area (Å²) in [6, 6.07) is 7.93. The number of amides is 1. The van der Waals surface area contributed by atoms with E-state index in [1.54, 1.807) is 12.1 Å². The van der Waals surface area contributed by atoms with Crippen LogP contribution < -0.4 is 16.6 Å². The van der Waals surface area contributed by atoms with E-state index >= 15 is 0 Å². The fraction of sp³-hybridized carbons (Fsp3) is 0.533. The summed E-state index contributed by atoms with van der Waals surface area (Å²) in [4.78, 5) is 14.4. The third-order valence-corrected chi connectivity index (χ3v) is 4.03. The number of carbonyl (C=O) groups excluding carboxylic acids is 1. The number of hydrogen-bond donors (Lipinski definition) is 3. The van der Waals surface area contributed by atoms with Gasteiger partial charge < -0.3 is 15.6 Å². The molecule has 0 bridgehead atoms. The lowest BCUT2D eigenvalue weighted by Gasteiger charge is -2.24. The molecule has 1 fully saturated rings. The zero-order valence-electron chi connectivity index (χ0n) is 12.1. The molecule has 1 saturated carbocycles. The zero-order valence-corrected chi connectivity index (χ0v) is 12.1. The highest BCUT2D eigenvalue weighted by Gasteiger charge is 2.19. The number of carbonyl (C=O) groups is 1. The Bertz CT molecular complexity index is 443. The van der Waals surface area contributed by atoms with Gasteiger partial charge in [0, 0.05) is 19.1 Å². The van der Waals surface area contributed by atoms with Crippen LogP contribution in [0.5, 0.6) is 0 Å². The molecule has 1 amide bonds. The number of nitrogens with zero attached hydrogens (tertiary/aromatic N) is 1. The largest absolute Gasteiger partial charge is 0.351 e. The smallest absolute Gasteiger partial charge is 0.253 e. The van der Waals surface area contributed by atoms with Crippen molar-refractivity contribution in [2.75, 3.05) is 25.6 Å². The molecule has 0 unspecified atom stereocenters. The van der Waals surface area contributed by atoms with E-state index in [0.29, 0.717) is 23.8 Å². The first kappa shape index (κ1) is 14.8. The molecular formula is C15H24N4O. The molecule has 0 atom stereocenters. The van der Waals surface area contributed by atoms with Gasteiger partial charge in [-0.1, -0.05) is 25.0 Å². The second-order valence-electron chi connectivity index (χ2n) is 5.36. The molecule has 0 heterocycles. The molecule has 0 aromatic heterocycles. The molecule has 2 rings (SSSR count). The summed E-state index contributed by atoms with van der Waals surface area (Å²) in [5, 5.41) is 2.95. The average Bonchev–Trinajstić information content (AvgIpc) is 3.01. The van der Waals surface area contributed by atoms with Gasteiger partial charge in [0.1, 0.15) is 0 Å². The van der Waals surface area contributed by atoms with Crippen LogP contribution in [0.15, 0.2) is 24.3 Å². The second-order valence-corrected chi connectivity index (χ2v) is 5.36. The number of nitrogen functional groups attached to an aromatic ring is 1. The zero-order chi connectivity index (χ0) is 14.4. The van der Waals surface area contributed by atoms with E-state index < -0.39 is 0 Å². The van der Waals surface area contributed by atoms with Crippen molar-refractivity contribution in [2.24, 2.45) is 5.84 Å². The summed E-state index contributed by atoms with van der Waals surface area (Å²) < 4.78 is 0. The quantitative estimate of drug-likeness (QED) is 0.545. The van der Waals surface area contributed by atoms with Crippen molar-refractivity contribution >= 4 is 11.6 Å². The van der Waals surface area contributed by atoms with E-state index in [1.165, 1.54) is 25.7 Å². The first-order valence-corrected chi connectivity index (χ1v) is 7.26. The van der Waals surface area contributed by atoms with E-state index in [1.807, 2.05) is 12.1 Å². The number of rotatable bonds is 6. The molecule has 5 nitrogen and oxygen atoms in total. The van der Waals surface area contributed by atoms with Crippen molar-refractivity contribution in [3.8, 4) is 0 Å². The number of nitrogens with two attached hydrogens (primary N) is 1. The Balaban J connectivity index is 1.80. The van der Waals surface area contributed by atoms with Gasteiger partial charge in [-0.25, -0.2) is 0 Å². The monoisotopic (exact) mass is 276 g/mol. The van der Waals surface area contributed by atoms with Crippen molar-refractivity contribution in [1.82, 2.24) is 10.2 Å². The Morgan fingerprint density at radius 3 is 2.75 bits per heavy atom. The number of likely N-dealkylation sites (N-methyl/N-ethyl adjacent to an activating group) is 1. The Kier molecular flexibility index (Phi) is 5.38. The highest BCUT2D eigenvalue weighted by Crippen LogP contribution is 2.21. The summed E-state index contributed by atoms with van der Waals surface area (Å²) in [5.41, 5.74) is 3.78. The Labute approximate surface area is 120 Å². The fourth-order valence-corrected chi connectivity index (χ4v) is 2.78. The predicted molar refractivity (Wildman–Crippen MR) is 81.5 cm³/mol. The maximum absolute atomic E-state index is 12.1. The van der Waals surface area contributed by atoms with Gasteiger partial charge in [0.25, 0.3) is 5.91 Å². The normalized spacial score (nSPS) is 15.6. The molecule has 1 aliphatic rings. The van der Waals surface area contributed by atoms with Crippen molar-refractivity contribution in [2.45, 2.75) is 31.7 Å². The molecule has 0 radical (unpaired) electrons. The van der Waals surface area contributed by atoms with Crippen LogP contribution in [0.4, 0.5) is 5.69 Å². The molecule has 0 spiro atoms. The van der Waals surface area contributed by atoms with Crippen LogP contribution in [-0.2, 0) is 0 Å². The maximum atomic E-state index is 12.1. The molecule has 0 saturated heterocycles. The number of nitrogens with one attached hydrogen (secondary N) is 2. The van der Waals surface area contributed by atoms with Crippen LogP contribution in [-0.4, -0.2) is 37.0 Å². The Morgan fingerprint density at radius 1 is 1.35 bits per heavy atom. The molecular weight excluding hydrogens is 252 g/mol. The minimum absolute atomic E-state index is 0.0848. The van der Waals surface area contributed by atoms with Crippen LogP contribution in [0, 0.1) is 0 Å². The first-order valence-electron chi connectivity index (χ1n) is 7.26. The van der Waals surface area contributed by atoms with Crippen LogP contribution in [0.25, 0.3) is 0 Å². The topological polar surface area (TPSA) is 70.4 Å². The molecule has 4 N–H and O–H groups in total. The molecule has 1 aromatic rings. The van der Waals surface area contributed by atoms with Crippen LogP contribution >= 0.6 is 0 Å².